The fourth-order valence-corrected chi connectivity index (χ4v) is 2.31. The van der Waals surface area contributed by atoms with Crippen LogP contribution in [0.25, 0.3) is 0 Å². The van der Waals surface area contributed by atoms with E-state index in [0.29, 0.717) is 12.6 Å². The van der Waals surface area contributed by atoms with E-state index in [1.807, 2.05) is 0 Å². The van der Waals surface area contributed by atoms with Crippen molar-refractivity contribution in [2.45, 2.75) is 38.3 Å². The van der Waals surface area contributed by atoms with Gasteiger partial charge in [-0.25, -0.2) is 4.79 Å². The van der Waals surface area contributed by atoms with E-state index in [1.165, 1.54) is 14.0 Å². The van der Waals surface area contributed by atoms with Crippen LogP contribution in [0.4, 0.5) is 0 Å². The number of ether oxygens (including phenoxy) is 1. The molecule has 0 spiro atoms. The molecule has 5 nitrogen and oxygen atoms in total. The highest BCUT2D eigenvalue weighted by molar-refractivity contribution is 5.78. The second-order valence-electron chi connectivity index (χ2n) is 4.88. The Morgan fingerprint density at radius 1 is 1.65 bits per heavy atom. The number of esters is 1. The quantitative estimate of drug-likeness (QED) is 0.643. The number of carbonyl (C=O) groups excluding carboxylic acids is 1. The van der Waals surface area contributed by atoms with Crippen molar-refractivity contribution in [3.8, 4) is 0 Å². The zero-order valence-electron chi connectivity index (χ0n) is 11.0. The van der Waals surface area contributed by atoms with Crippen molar-refractivity contribution in [2.24, 2.45) is 0 Å². The van der Waals surface area contributed by atoms with Crippen LogP contribution in [0.15, 0.2) is 0 Å². The number of aliphatic hydroxyl groups is 1. The van der Waals surface area contributed by atoms with Gasteiger partial charge in [0.05, 0.1) is 7.11 Å². The van der Waals surface area contributed by atoms with Crippen LogP contribution < -0.4 is 5.32 Å². The maximum atomic E-state index is 11.5. The van der Waals surface area contributed by atoms with Gasteiger partial charge in [0.25, 0.3) is 0 Å². The lowest BCUT2D eigenvalue weighted by Crippen LogP contribution is -2.51. The van der Waals surface area contributed by atoms with Gasteiger partial charge in [0.1, 0.15) is 0 Å². The fraction of sp³-hybridized carbons (Fsp3) is 0.917. The van der Waals surface area contributed by atoms with Gasteiger partial charge in [-0.15, -0.1) is 0 Å². The van der Waals surface area contributed by atoms with E-state index in [4.69, 9.17) is 0 Å². The van der Waals surface area contributed by atoms with Crippen LogP contribution in [0.3, 0.4) is 0 Å². The van der Waals surface area contributed by atoms with E-state index < -0.39 is 11.6 Å². The molecule has 100 valence electrons. The first kappa shape index (κ1) is 14.4. The molecule has 1 aliphatic rings. The normalized spacial score (nSPS) is 23.7. The number of nitrogens with one attached hydrogen (secondary N) is 1. The summed E-state index contributed by atoms with van der Waals surface area (Å²) in [6, 6.07) is 0.408. The Balaban J connectivity index is 2.61. The highest BCUT2D eigenvalue weighted by Crippen LogP contribution is 2.15. The first-order valence-corrected chi connectivity index (χ1v) is 6.27. The summed E-state index contributed by atoms with van der Waals surface area (Å²) in [5.74, 6) is -0.565. The Labute approximate surface area is 103 Å². The number of rotatable bonds is 6. The van der Waals surface area contributed by atoms with Gasteiger partial charge in [-0.3, -0.25) is 4.90 Å². The summed E-state index contributed by atoms with van der Waals surface area (Å²) in [4.78, 5) is 13.7. The molecule has 2 atom stereocenters. The summed E-state index contributed by atoms with van der Waals surface area (Å²) >= 11 is 0. The summed E-state index contributed by atoms with van der Waals surface area (Å²) in [5, 5.41) is 13.4. The molecule has 1 heterocycles. The SMILES string of the molecule is CCCN(CC(C)(O)C(=O)OC)C1CCNC1. The molecule has 0 aliphatic carbocycles. The lowest BCUT2D eigenvalue weighted by atomic mass is 10.0. The molecule has 1 fully saturated rings. The van der Waals surface area contributed by atoms with E-state index in [-0.39, 0.29) is 0 Å². The zero-order chi connectivity index (χ0) is 12.9. The molecule has 0 radical (unpaired) electrons. The minimum Gasteiger partial charge on any atom is -0.467 e. The largest absolute Gasteiger partial charge is 0.467 e. The minimum absolute atomic E-state index is 0.333. The van der Waals surface area contributed by atoms with E-state index >= 15 is 0 Å². The van der Waals surface area contributed by atoms with E-state index in [0.717, 1.165) is 32.5 Å². The van der Waals surface area contributed by atoms with E-state index in [9.17, 15) is 9.90 Å². The molecule has 0 bridgehead atoms. The molecule has 0 saturated carbocycles. The highest BCUT2D eigenvalue weighted by Gasteiger charge is 2.36. The van der Waals surface area contributed by atoms with Crippen molar-refractivity contribution in [2.75, 3.05) is 33.3 Å². The van der Waals surface area contributed by atoms with Crippen molar-refractivity contribution in [1.29, 1.82) is 0 Å². The molecule has 1 saturated heterocycles. The van der Waals surface area contributed by atoms with Crippen LogP contribution in [0.5, 0.6) is 0 Å². The standard InChI is InChI=1S/C12H24N2O3/c1-4-7-14(10-5-6-13-8-10)9-12(2,16)11(15)17-3/h10,13,16H,4-9H2,1-3H3. The summed E-state index contributed by atoms with van der Waals surface area (Å²) in [6.45, 7) is 6.77. The molecule has 2 unspecified atom stereocenters. The number of methoxy groups -OCH3 is 1. The molecular weight excluding hydrogens is 220 g/mol. The predicted molar refractivity (Wildman–Crippen MR) is 65.8 cm³/mol. The summed E-state index contributed by atoms with van der Waals surface area (Å²) in [5.41, 5.74) is -1.42. The molecule has 2 N–H and O–H groups in total. The van der Waals surface area contributed by atoms with Gasteiger partial charge >= 0.3 is 5.97 Å². The van der Waals surface area contributed by atoms with Crippen molar-refractivity contribution in [3.05, 3.63) is 0 Å². The van der Waals surface area contributed by atoms with Gasteiger partial charge < -0.3 is 15.2 Å². The van der Waals surface area contributed by atoms with Gasteiger partial charge in [0.2, 0.25) is 0 Å². The van der Waals surface area contributed by atoms with Crippen molar-refractivity contribution in [1.82, 2.24) is 10.2 Å². The lowest BCUT2D eigenvalue weighted by molar-refractivity contribution is -0.162. The second-order valence-corrected chi connectivity index (χ2v) is 4.88. The number of nitrogens with zero attached hydrogens (tertiary/aromatic N) is 1. The smallest absolute Gasteiger partial charge is 0.338 e. The molecule has 0 aromatic carbocycles. The molecule has 0 aromatic heterocycles. The third-order valence-corrected chi connectivity index (χ3v) is 3.20. The first-order valence-electron chi connectivity index (χ1n) is 6.27. The van der Waals surface area contributed by atoms with Crippen LogP contribution in [0.2, 0.25) is 0 Å². The molecule has 0 amide bonds. The first-order chi connectivity index (χ1) is 8.01. The lowest BCUT2D eigenvalue weighted by Gasteiger charge is -2.33. The Hall–Kier alpha value is -0.650. The Morgan fingerprint density at radius 3 is 2.82 bits per heavy atom. The van der Waals surface area contributed by atoms with Gasteiger partial charge in [-0.2, -0.15) is 0 Å². The summed E-state index contributed by atoms with van der Waals surface area (Å²) < 4.78 is 4.63. The fourth-order valence-electron chi connectivity index (χ4n) is 2.31. The van der Waals surface area contributed by atoms with E-state index in [1.54, 1.807) is 0 Å². The third kappa shape index (κ3) is 3.94. The molecule has 17 heavy (non-hydrogen) atoms. The summed E-state index contributed by atoms with van der Waals surface area (Å²) in [7, 11) is 1.30. The highest BCUT2D eigenvalue weighted by atomic mass is 16.5. The summed E-state index contributed by atoms with van der Waals surface area (Å²) in [6.07, 6.45) is 2.07. The second kappa shape index (κ2) is 6.33. The average molecular weight is 244 g/mol. The minimum atomic E-state index is -1.42. The molecule has 0 aromatic rings. The monoisotopic (exact) mass is 244 g/mol. The average Bonchev–Trinajstić information content (AvgIpc) is 2.80. The third-order valence-electron chi connectivity index (χ3n) is 3.20. The van der Waals surface area contributed by atoms with Crippen LogP contribution in [0.1, 0.15) is 26.7 Å². The maximum absolute atomic E-state index is 11.5. The van der Waals surface area contributed by atoms with Crippen LogP contribution >= 0.6 is 0 Å². The van der Waals surface area contributed by atoms with Crippen molar-refractivity contribution < 1.29 is 14.6 Å². The van der Waals surface area contributed by atoms with Crippen molar-refractivity contribution >= 4 is 5.97 Å². The topological polar surface area (TPSA) is 61.8 Å². The van der Waals surface area contributed by atoms with E-state index in [2.05, 4.69) is 21.9 Å². The molecular formula is C12H24N2O3. The molecule has 1 aliphatic heterocycles. The Morgan fingerprint density at radius 2 is 2.35 bits per heavy atom. The van der Waals surface area contributed by atoms with Crippen LogP contribution in [-0.4, -0.2) is 60.9 Å². The predicted octanol–water partition coefficient (Wildman–Crippen LogP) is -0.0157. The number of hydrogen-bond donors (Lipinski definition) is 2. The van der Waals surface area contributed by atoms with Gasteiger partial charge in [-0.1, -0.05) is 6.92 Å². The van der Waals surface area contributed by atoms with Gasteiger partial charge in [0, 0.05) is 19.1 Å². The molecule has 1 rings (SSSR count). The number of carbonyl (C=O) groups is 1. The number of hydrogen-bond acceptors (Lipinski definition) is 5. The van der Waals surface area contributed by atoms with Crippen LogP contribution in [-0.2, 0) is 9.53 Å². The zero-order valence-corrected chi connectivity index (χ0v) is 11.0. The van der Waals surface area contributed by atoms with Gasteiger partial charge in [0.15, 0.2) is 5.60 Å². The van der Waals surface area contributed by atoms with Crippen LogP contribution in [0, 0.1) is 0 Å². The van der Waals surface area contributed by atoms with Gasteiger partial charge in [-0.05, 0) is 32.9 Å². The molecule has 5 heteroatoms. The maximum Gasteiger partial charge on any atom is 0.338 e. The Bertz CT molecular complexity index is 250. The Kier molecular flexibility index (Phi) is 5.36. The van der Waals surface area contributed by atoms with Crippen molar-refractivity contribution in [3.63, 3.8) is 0 Å².